The minimum atomic E-state index is -0.451. The molecule has 7 rings (SSSR count). The molecular weight excluding hydrogens is 926 g/mol. The molecule has 5 aromatic carbocycles. The summed E-state index contributed by atoms with van der Waals surface area (Å²) < 4.78 is 31.4. The van der Waals surface area contributed by atoms with Crippen molar-refractivity contribution in [2.45, 2.75) is 82.7 Å². The van der Waals surface area contributed by atoms with E-state index in [2.05, 4.69) is 73.2 Å². The van der Waals surface area contributed by atoms with E-state index in [0.717, 1.165) is 71.3 Å². The maximum atomic E-state index is 13.6. The molecule has 1 fully saturated rings. The van der Waals surface area contributed by atoms with Gasteiger partial charge in [0.1, 0.15) is 29.9 Å². The molecule has 2 heterocycles. The number of carbonyl (C=O) groups is 2. The lowest BCUT2D eigenvalue weighted by molar-refractivity contribution is -0.151. The lowest BCUT2D eigenvalue weighted by Gasteiger charge is -2.34. The number of esters is 2. The number of nitrogens with zero attached hydrogens (tertiary/aromatic N) is 3. The number of hydrogen-bond acceptors (Lipinski definition) is 11. The number of aromatic nitrogens is 2. The molecule has 0 amide bonds. The first-order valence-corrected chi connectivity index (χ1v) is 25.4. The van der Waals surface area contributed by atoms with Gasteiger partial charge in [-0.3, -0.25) is 14.4 Å². The summed E-state index contributed by atoms with van der Waals surface area (Å²) in [5.41, 5.74) is 7.44. The number of methoxy groups -OCH3 is 2. The van der Waals surface area contributed by atoms with Gasteiger partial charge in [-0.05, 0) is 111 Å². The van der Waals surface area contributed by atoms with Crippen molar-refractivity contribution in [1.29, 1.82) is 0 Å². The fourth-order valence-corrected chi connectivity index (χ4v) is 11.1. The number of ether oxygens (including phenoxy) is 5. The van der Waals surface area contributed by atoms with Crippen LogP contribution in [0.15, 0.2) is 103 Å². The van der Waals surface area contributed by atoms with Gasteiger partial charge in [-0.15, -0.1) is 23.5 Å². The molecule has 1 saturated heterocycles. The fourth-order valence-electron chi connectivity index (χ4n) is 8.29. The van der Waals surface area contributed by atoms with Crippen LogP contribution in [0.25, 0.3) is 22.0 Å². The van der Waals surface area contributed by atoms with E-state index < -0.39 is 5.97 Å². The molecule has 10 nitrogen and oxygen atoms in total. The molecule has 1 atom stereocenters. The molecule has 1 aliphatic rings. The molecule has 14 heteroatoms. The SMILES string of the molecule is COc1cc(OCc2cccc(-c3ccccc3)c2C)cc(OC)c1CN1CCCC[C@H]1C(=O)OCCCSC(C)(C)SCCCOC(=O)c1nn(Cc2ccc(Cl)cc2Cl)c2ccccc12. The number of halogens is 2. The minimum absolute atomic E-state index is 0.0722. The van der Waals surface area contributed by atoms with Crippen LogP contribution in [-0.2, 0) is 34.0 Å². The summed E-state index contributed by atoms with van der Waals surface area (Å²) >= 11 is 16.2. The van der Waals surface area contributed by atoms with Crippen LogP contribution in [0, 0.1) is 6.92 Å². The standard InChI is InChI=1S/C53H59Cl2N3O7S2/c1-36-39(18-13-20-42(36)37-16-7-6-8-17-37)35-65-41-31-48(61-4)44(49(32-41)62-5)34-57-25-12-11-22-47(57)51(59)63-26-14-28-66-53(2,3)67-29-15-27-64-52(60)50-43-19-9-10-21-46(43)58(56-50)33-38-23-24-40(54)30-45(38)55/h6-10,13,16-21,23-24,30-32,47H,11-12,14-15,22,25-29,33-35H2,1-5H3/t47-/m0/s1. The Bertz CT molecular complexity index is 2600. The highest BCUT2D eigenvalue weighted by Crippen LogP contribution is 2.39. The van der Waals surface area contributed by atoms with Crippen LogP contribution in [0.5, 0.6) is 17.2 Å². The largest absolute Gasteiger partial charge is 0.496 e. The summed E-state index contributed by atoms with van der Waals surface area (Å²) in [5.74, 6) is 2.96. The zero-order chi connectivity index (χ0) is 47.3. The number of rotatable bonds is 22. The molecule has 6 aromatic rings. The highest BCUT2D eigenvalue weighted by atomic mass is 35.5. The lowest BCUT2D eigenvalue weighted by atomic mass is 9.97. The topological polar surface area (TPSA) is 101 Å². The first kappa shape index (κ1) is 50.0. The maximum Gasteiger partial charge on any atom is 0.359 e. The molecule has 67 heavy (non-hydrogen) atoms. The summed E-state index contributed by atoms with van der Waals surface area (Å²) in [4.78, 5) is 29.0. The third-order valence-electron chi connectivity index (χ3n) is 11.9. The first-order valence-electron chi connectivity index (χ1n) is 22.7. The molecule has 1 aromatic heterocycles. The second-order valence-electron chi connectivity index (χ2n) is 16.9. The lowest BCUT2D eigenvalue weighted by Crippen LogP contribution is -2.45. The Hall–Kier alpha value is -4.85. The second kappa shape index (κ2) is 23.9. The summed E-state index contributed by atoms with van der Waals surface area (Å²) in [6.45, 7) is 9.19. The average molecular weight is 985 g/mol. The number of para-hydroxylation sites is 1. The molecule has 0 spiro atoms. The number of likely N-dealkylation sites (tertiary alicyclic amines) is 1. The van der Waals surface area contributed by atoms with Crippen LogP contribution >= 0.6 is 46.7 Å². The third kappa shape index (κ3) is 13.2. The zero-order valence-electron chi connectivity index (χ0n) is 38.9. The highest BCUT2D eigenvalue weighted by molar-refractivity contribution is 8.18. The van der Waals surface area contributed by atoms with Crippen LogP contribution in [0.1, 0.15) is 78.7 Å². The van der Waals surface area contributed by atoms with E-state index in [-0.39, 0.29) is 28.4 Å². The molecular formula is C53H59Cl2N3O7S2. The molecule has 354 valence electrons. The van der Waals surface area contributed by atoms with Gasteiger partial charge in [0, 0.05) is 34.1 Å². The number of fused-ring (bicyclic) bond motifs is 1. The number of thioether (sulfide) groups is 2. The van der Waals surface area contributed by atoms with E-state index in [4.69, 9.17) is 46.9 Å². The predicted octanol–water partition coefficient (Wildman–Crippen LogP) is 12.7. The van der Waals surface area contributed by atoms with Gasteiger partial charge in [-0.1, -0.05) is 102 Å². The van der Waals surface area contributed by atoms with E-state index in [1.165, 1.54) is 16.7 Å². The average Bonchev–Trinajstić information content (AvgIpc) is 3.70. The summed E-state index contributed by atoms with van der Waals surface area (Å²) in [6, 6.07) is 33.1. The van der Waals surface area contributed by atoms with Gasteiger partial charge in [-0.25, -0.2) is 4.79 Å². The van der Waals surface area contributed by atoms with Crippen molar-refractivity contribution in [2.75, 3.05) is 45.5 Å². The van der Waals surface area contributed by atoms with E-state index in [1.54, 1.807) is 31.0 Å². The van der Waals surface area contributed by atoms with Gasteiger partial charge in [0.15, 0.2) is 5.69 Å². The normalized spacial score (nSPS) is 14.2. The summed E-state index contributed by atoms with van der Waals surface area (Å²) in [5, 5.41) is 6.45. The zero-order valence-corrected chi connectivity index (χ0v) is 42.0. The Morgan fingerprint density at radius 2 is 1.49 bits per heavy atom. The van der Waals surface area contributed by atoms with E-state index in [9.17, 15) is 9.59 Å². The molecule has 0 aliphatic carbocycles. The number of piperidine rings is 1. The predicted molar refractivity (Wildman–Crippen MR) is 273 cm³/mol. The number of carbonyl (C=O) groups excluding carboxylic acids is 2. The van der Waals surface area contributed by atoms with Crippen molar-refractivity contribution in [1.82, 2.24) is 14.7 Å². The van der Waals surface area contributed by atoms with Gasteiger partial charge in [0.2, 0.25) is 0 Å². The number of benzene rings is 5. The van der Waals surface area contributed by atoms with Crippen LogP contribution in [-0.4, -0.2) is 82.2 Å². The smallest absolute Gasteiger partial charge is 0.359 e. The quantitative estimate of drug-likeness (QED) is 0.0369. The summed E-state index contributed by atoms with van der Waals surface area (Å²) in [7, 11) is 3.30. The Morgan fingerprint density at radius 1 is 0.791 bits per heavy atom. The molecule has 0 bridgehead atoms. The van der Waals surface area contributed by atoms with Gasteiger partial charge in [0.05, 0.1) is 49.1 Å². The monoisotopic (exact) mass is 983 g/mol. The van der Waals surface area contributed by atoms with E-state index in [0.29, 0.717) is 60.0 Å². The highest BCUT2D eigenvalue weighted by Gasteiger charge is 2.32. The second-order valence-corrected chi connectivity index (χ2v) is 21.4. The Morgan fingerprint density at radius 3 is 2.21 bits per heavy atom. The van der Waals surface area contributed by atoms with Gasteiger partial charge in [-0.2, -0.15) is 5.10 Å². The van der Waals surface area contributed by atoms with Gasteiger partial charge < -0.3 is 23.7 Å². The van der Waals surface area contributed by atoms with Crippen molar-refractivity contribution in [3.63, 3.8) is 0 Å². The van der Waals surface area contributed by atoms with Crippen LogP contribution in [0.2, 0.25) is 10.0 Å². The van der Waals surface area contributed by atoms with Gasteiger partial charge >= 0.3 is 11.9 Å². The molecule has 0 radical (unpaired) electrons. The Labute approximate surface area is 412 Å². The van der Waals surface area contributed by atoms with E-state index in [1.807, 2.05) is 72.1 Å². The van der Waals surface area contributed by atoms with Crippen molar-refractivity contribution in [3.8, 4) is 28.4 Å². The Kier molecular flexibility index (Phi) is 17.9. The van der Waals surface area contributed by atoms with Crippen molar-refractivity contribution >= 4 is 69.6 Å². The number of hydrogen-bond donors (Lipinski definition) is 0. The maximum absolute atomic E-state index is 13.6. The van der Waals surface area contributed by atoms with Crippen molar-refractivity contribution in [3.05, 3.63) is 141 Å². The molecule has 0 N–H and O–H groups in total. The van der Waals surface area contributed by atoms with Crippen LogP contribution in [0.4, 0.5) is 0 Å². The van der Waals surface area contributed by atoms with E-state index >= 15 is 0 Å². The first-order chi connectivity index (χ1) is 32.4. The summed E-state index contributed by atoms with van der Waals surface area (Å²) in [6.07, 6.45) is 4.14. The fraction of sp³-hybridized carbons (Fsp3) is 0.377. The molecule has 0 saturated carbocycles. The third-order valence-corrected chi connectivity index (χ3v) is 15.6. The van der Waals surface area contributed by atoms with Crippen molar-refractivity contribution < 1.29 is 33.3 Å². The molecule has 0 unspecified atom stereocenters. The minimum Gasteiger partial charge on any atom is -0.496 e. The Balaban J connectivity index is 0.839. The van der Waals surface area contributed by atoms with Gasteiger partial charge in [0.25, 0.3) is 0 Å². The molecule has 1 aliphatic heterocycles. The van der Waals surface area contributed by atoms with Crippen LogP contribution in [0.3, 0.4) is 0 Å². The van der Waals surface area contributed by atoms with Crippen molar-refractivity contribution in [2.24, 2.45) is 0 Å². The van der Waals surface area contributed by atoms with Crippen LogP contribution < -0.4 is 14.2 Å².